The second-order valence-electron chi connectivity index (χ2n) is 12.3. The molecular formula is C35H28O22. The Balaban J connectivity index is 1.51. The molecule has 22 nitrogen and oxygen atoms in total. The van der Waals surface area contributed by atoms with Crippen molar-refractivity contribution in [1.82, 2.24) is 0 Å². The van der Waals surface area contributed by atoms with Crippen LogP contribution in [0.15, 0.2) is 48.5 Å². The Bertz CT molecular complexity index is 2160. The highest BCUT2D eigenvalue weighted by atomic mass is 16.6. The largest absolute Gasteiger partial charge is 0.504 e. The molecule has 2 atom stereocenters. The molecule has 4 aromatic rings. The number of aliphatic hydroxyl groups is 1. The maximum absolute atomic E-state index is 13.6. The number of carbonyl (C=O) groups is 5. The minimum Gasteiger partial charge on any atom is -0.504 e. The molecule has 0 bridgehead atoms. The highest BCUT2D eigenvalue weighted by molar-refractivity contribution is 5.95. The van der Waals surface area contributed by atoms with E-state index in [1.807, 2.05) is 0 Å². The molecule has 1 saturated carbocycles. The van der Waals surface area contributed by atoms with Crippen LogP contribution in [0.1, 0.15) is 54.3 Å². The van der Waals surface area contributed by atoms with Crippen molar-refractivity contribution in [3.63, 3.8) is 0 Å². The van der Waals surface area contributed by atoms with E-state index in [0.29, 0.717) is 48.5 Å². The maximum atomic E-state index is 13.6. The first-order valence-corrected chi connectivity index (χ1v) is 15.7. The third-order valence-corrected chi connectivity index (χ3v) is 8.36. The summed E-state index contributed by atoms with van der Waals surface area (Å²) >= 11 is 0. The lowest BCUT2D eigenvalue weighted by Gasteiger charge is -2.42. The van der Waals surface area contributed by atoms with Gasteiger partial charge in [-0.05, 0) is 48.5 Å². The first kappa shape index (κ1) is 40.2. The SMILES string of the molecule is O=C(Oc1c(O)cc(C(=O)OC2[C@H](OC(=O)c3cc(O)c(O)c(O)c3)CC(O)(C(=O)O)C[C@H]2OC(=O)c2cc(O)c(O)c(O)c2)cc1O)c1cc(O)c(O)c(O)c1. The Morgan fingerprint density at radius 2 is 0.737 bits per heavy atom. The normalized spacial score (nSPS) is 18.9. The minimum absolute atomic E-state index is 0.568. The number of hydrogen-bond acceptors (Lipinski definition) is 21. The predicted octanol–water partition coefficient (Wildman–Crippen LogP) is 1.25. The van der Waals surface area contributed by atoms with Gasteiger partial charge in [-0.25, -0.2) is 24.0 Å². The fourth-order valence-corrected chi connectivity index (χ4v) is 5.51. The standard InChI is InChI=1S/C35H28O22/c36-15-1-11(2-16(37)25(15)44)30(47)54-23-9-35(53,34(51)52)10-24(55-31(48)12-3-17(38)26(45)18(39)4-12)29(23)57-33(50)14-7-21(42)28(22(43)8-14)56-32(49)13-5-19(40)27(46)20(41)6-13/h1-8,23-24,29,36-46,53H,9-10H2,(H,51,52)/t23-,24-,29?,35?/m1/s1. The van der Waals surface area contributed by atoms with Gasteiger partial charge in [0.25, 0.3) is 0 Å². The maximum Gasteiger partial charge on any atom is 0.344 e. The van der Waals surface area contributed by atoms with Crippen LogP contribution in [0, 0.1) is 0 Å². The molecule has 22 heteroatoms. The zero-order valence-corrected chi connectivity index (χ0v) is 28.3. The van der Waals surface area contributed by atoms with Crippen LogP contribution in [0.3, 0.4) is 0 Å². The molecule has 0 amide bonds. The summed E-state index contributed by atoms with van der Waals surface area (Å²) in [5, 5.41) is 130. The van der Waals surface area contributed by atoms with Gasteiger partial charge >= 0.3 is 29.8 Å². The van der Waals surface area contributed by atoms with Crippen molar-refractivity contribution < 1.29 is 109 Å². The van der Waals surface area contributed by atoms with Gasteiger partial charge in [-0.2, -0.15) is 0 Å². The average Bonchev–Trinajstić information content (AvgIpc) is 3.13. The number of aliphatic carboxylic acids is 1. The van der Waals surface area contributed by atoms with E-state index >= 15 is 0 Å². The molecule has 0 heterocycles. The van der Waals surface area contributed by atoms with Crippen molar-refractivity contribution in [2.75, 3.05) is 0 Å². The molecule has 5 rings (SSSR count). The molecule has 0 saturated heterocycles. The Morgan fingerprint density at radius 1 is 0.456 bits per heavy atom. The van der Waals surface area contributed by atoms with Crippen LogP contribution < -0.4 is 4.74 Å². The predicted molar refractivity (Wildman–Crippen MR) is 178 cm³/mol. The van der Waals surface area contributed by atoms with E-state index in [2.05, 4.69) is 0 Å². The number of benzene rings is 4. The lowest BCUT2D eigenvalue weighted by atomic mass is 9.79. The van der Waals surface area contributed by atoms with Crippen molar-refractivity contribution in [1.29, 1.82) is 0 Å². The third kappa shape index (κ3) is 8.09. The van der Waals surface area contributed by atoms with Gasteiger partial charge < -0.3 is 85.3 Å². The zero-order chi connectivity index (χ0) is 42.3. The summed E-state index contributed by atoms with van der Waals surface area (Å²) in [6.45, 7) is 0. The number of phenols is 11. The molecule has 0 unspecified atom stereocenters. The Kier molecular flexibility index (Phi) is 10.6. The third-order valence-electron chi connectivity index (χ3n) is 8.36. The first-order valence-electron chi connectivity index (χ1n) is 15.7. The summed E-state index contributed by atoms with van der Waals surface area (Å²) in [5.41, 5.74) is -5.64. The molecule has 0 radical (unpaired) electrons. The van der Waals surface area contributed by atoms with Gasteiger partial charge in [0.2, 0.25) is 5.75 Å². The van der Waals surface area contributed by atoms with Gasteiger partial charge in [-0.3, -0.25) is 0 Å². The summed E-state index contributed by atoms with van der Waals surface area (Å²) in [5.74, 6) is -20.2. The molecule has 1 fully saturated rings. The molecule has 1 aliphatic carbocycles. The van der Waals surface area contributed by atoms with Crippen molar-refractivity contribution >= 4 is 29.8 Å². The lowest BCUT2D eigenvalue weighted by molar-refractivity contribution is -0.188. The van der Waals surface area contributed by atoms with E-state index < -0.39 is 158 Å². The molecular weight excluding hydrogens is 772 g/mol. The number of ether oxygens (including phenoxy) is 4. The molecule has 1 aliphatic rings. The van der Waals surface area contributed by atoms with Gasteiger partial charge in [0.1, 0.15) is 12.2 Å². The Labute approximate surface area is 315 Å². The van der Waals surface area contributed by atoms with Crippen LogP contribution in [-0.4, -0.2) is 120 Å². The topological polar surface area (TPSA) is 385 Å². The quantitative estimate of drug-likeness (QED) is 0.0490. The average molecular weight is 801 g/mol. The first-order chi connectivity index (χ1) is 26.6. The van der Waals surface area contributed by atoms with Gasteiger partial charge in [-0.15, -0.1) is 0 Å². The molecule has 300 valence electrons. The fourth-order valence-electron chi connectivity index (χ4n) is 5.51. The van der Waals surface area contributed by atoms with E-state index in [1.165, 1.54) is 0 Å². The zero-order valence-electron chi connectivity index (χ0n) is 28.3. The van der Waals surface area contributed by atoms with E-state index in [9.17, 15) is 90.4 Å². The molecule has 0 aromatic heterocycles. The van der Waals surface area contributed by atoms with Crippen LogP contribution in [0.5, 0.6) is 69.0 Å². The van der Waals surface area contributed by atoms with E-state index in [-0.39, 0.29) is 0 Å². The number of aromatic hydroxyl groups is 11. The number of esters is 4. The number of phenolic OH excluding ortho intramolecular Hbond substituents is 11. The van der Waals surface area contributed by atoms with Gasteiger partial charge in [0.15, 0.2) is 74.9 Å². The second kappa shape index (κ2) is 15.0. The van der Waals surface area contributed by atoms with Crippen LogP contribution in [-0.2, 0) is 19.0 Å². The summed E-state index contributed by atoms with van der Waals surface area (Å²) in [4.78, 5) is 64.8. The second-order valence-corrected chi connectivity index (χ2v) is 12.3. The monoisotopic (exact) mass is 800 g/mol. The van der Waals surface area contributed by atoms with Crippen LogP contribution in [0.4, 0.5) is 0 Å². The fraction of sp³-hybridized carbons (Fsp3) is 0.171. The number of rotatable bonds is 9. The van der Waals surface area contributed by atoms with Crippen molar-refractivity contribution in [2.45, 2.75) is 36.8 Å². The summed E-state index contributed by atoms with van der Waals surface area (Å²) in [6, 6.07) is 4.91. The lowest BCUT2D eigenvalue weighted by Crippen LogP contribution is -2.59. The van der Waals surface area contributed by atoms with Crippen molar-refractivity contribution in [2.24, 2.45) is 0 Å². The number of carboxylic acids is 1. The van der Waals surface area contributed by atoms with Crippen molar-refractivity contribution in [3.8, 4) is 69.0 Å². The summed E-state index contributed by atoms with van der Waals surface area (Å²) in [7, 11) is 0. The number of hydrogen-bond donors (Lipinski definition) is 13. The highest BCUT2D eigenvalue weighted by Crippen LogP contribution is 2.42. The number of carboxylic acid groups (broad SMARTS) is 1. The van der Waals surface area contributed by atoms with Crippen LogP contribution in [0.2, 0.25) is 0 Å². The molecule has 0 spiro atoms. The van der Waals surface area contributed by atoms with Gasteiger partial charge in [0.05, 0.1) is 22.3 Å². The Morgan fingerprint density at radius 3 is 1.05 bits per heavy atom. The van der Waals surface area contributed by atoms with Crippen molar-refractivity contribution in [3.05, 3.63) is 70.8 Å². The number of carbonyl (C=O) groups excluding carboxylic acids is 4. The van der Waals surface area contributed by atoms with Crippen LogP contribution in [0.25, 0.3) is 0 Å². The van der Waals surface area contributed by atoms with E-state index in [4.69, 9.17) is 18.9 Å². The van der Waals surface area contributed by atoms with Gasteiger partial charge in [-0.1, -0.05) is 0 Å². The van der Waals surface area contributed by atoms with E-state index in [1.54, 1.807) is 0 Å². The smallest absolute Gasteiger partial charge is 0.344 e. The summed E-state index contributed by atoms with van der Waals surface area (Å²) in [6.07, 6.45) is -8.57. The summed E-state index contributed by atoms with van der Waals surface area (Å²) < 4.78 is 21.0. The van der Waals surface area contributed by atoms with Crippen LogP contribution >= 0.6 is 0 Å². The molecule has 4 aromatic carbocycles. The van der Waals surface area contributed by atoms with E-state index in [0.717, 1.165) is 0 Å². The molecule has 0 aliphatic heterocycles. The van der Waals surface area contributed by atoms with Gasteiger partial charge in [0, 0.05) is 12.8 Å². The highest BCUT2D eigenvalue weighted by Gasteiger charge is 2.55. The molecule has 57 heavy (non-hydrogen) atoms. The Hall–Kier alpha value is -8.01. The molecule has 13 N–H and O–H groups in total. The minimum atomic E-state index is -2.93.